The zero-order chi connectivity index (χ0) is 53.9. The first-order chi connectivity index (χ1) is 35.2. The molecule has 4 saturated heterocycles. The van der Waals surface area contributed by atoms with E-state index in [-0.39, 0.29) is 0 Å². The Hall–Kier alpha value is -3.28. The Bertz CT molecular complexity index is 2100. The van der Waals surface area contributed by atoms with Crippen LogP contribution in [0.2, 0.25) is 0 Å². The van der Waals surface area contributed by atoms with E-state index in [2.05, 4.69) is 227 Å². The summed E-state index contributed by atoms with van der Waals surface area (Å²) in [6.45, 7) is 51.7. The van der Waals surface area contributed by atoms with Crippen LogP contribution in [0.5, 0.6) is 0 Å². The first-order valence-corrected chi connectivity index (χ1v) is 30.5. The molecule has 4 aromatic carbocycles. The molecular weight excluding hydrogens is 897 g/mol. The number of benzene rings is 4. The van der Waals surface area contributed by atoms with Crippen molar-refractivity contribution in [3.8, 4) is 0 Å². The Morgan fingerprint density at radius 1 is 0.311 bits per heavy atom. The molecule has 3 unspecified atom stereocenters. The maximum atomic E-state index is 2.64. The van der Waals surface area contributed by atoms with Gasteiger partial charge in [0.2, 0.25) is 0 Å². The summed E-state index contributed by atoms with van der Waals surface area (Å²) in [5.41, 5.74) is 11.7. The van der Waals surface area contributed by atoms with Crippen LogP contribution >= 0.6 is 0 Å². The lowest BCUT2D eigenvalue weighted by Crippen LogP contribution is -2.36. The lowest BCUT2D eigenvalue weighted by atomic mass is 9.86. The summed E-state index contributed by atoms with van der Waals surface area (Å²) in [5.74, 6) is 9.52. The monoisotopic (exact) mass is 1010 g/mol. The molecule has 0 radical (unpaired) electrons. The molecule has 4 fully saturated rings. The molecule has 0 aromatic heterocycles. The summed E-state index contributed by atoms with van der Waals surface area (Å²) in [4.78, 5) is 10.5. The lowest BCUT2D eigenvalue weighted by Gasteiger charge is -2.34. The third-order valence-electron chi connectivity index (χ3n) is 17.7. The van der Waals surface area contributed by atoms with Gasteiger partial charge in [-0.05, 0) is 187 Å². The molecule has 0 aliphatic carbocycles. The van der Waals surface area contributed by atoms with Gasteiger partial charge < -0.3 is 0 Å². The zero-order valence-corrected chi connectivity index (χ0v) is 50.7. The van der Waals surface area contributed by atoms with E-state index in [9.17, 15) is 0 Å². The second-order valence-electron chi connectivity index (χ2n) is 26.4. The summed E-state index contributed by atoms with van der Waals surface area (Å²) in [6, 6.07) is 36.7. The Balaban J connectivity index is 0.000000183. The molecule has 4 aromatic rings. The minimum Gasteiger partial charge on any atom is -0.299 e. The molecule has 3 atom stereocenters. The van der Waals surface area contributed by atoms with Gasteiger partial charge >= 0.3 is 0 Å². The molecule has 8 rings (SSSR count). The Morgan fingerprint density at radius 2 is 0.622 bits per heavy atom. The predicted octanol–water partition coefficient (Wildman–Crippen LogP) is 17.9. The fourth-order valence-corrected chi connectivity index (χ4v) is 11.8. The van der Waals surface area contributed by atoms with Gasteiger partial charge in [0.15, 0.2) is 0 Å². The molecule has 74 heavy (non-hydrogen) atoms. The molecule has 0 amide bonds. The summed E-state index contributed by atoms with van der Waals surface area (Å²) >= 11 is 0. The van der Waals surface area contributed by atoms with E-state index in [0.29, 0.717) is 23.7 Å². The Morgan fingerprint density at radius 3 is 0.973 bits per heavy atom. The summed E-state index contributed by atoms with van der Waals surface area (Å²) < 4.78 is 0. The first kappa shape index (κ1) is 61.6. The maximum Gasteiger partial charge on any atom is 0.0233 e. The zero-order valence-electron chi connectivity index (χ0n) is 50.7. The van der Waals surface area contributed by atoms with Crippen molar-refractivity contribution < 1.29 is 0 Å². The highest BCUT2D eigenvalue weighted by Gasteiger charge is 2.27. The molecule has 0 N–H and O–H groups in total. The van der Waals surface area contributed by atoms with Gasteiger partial charge in [-0.15, -0.1) is 0 Å². The van der Waals surface area contributed by atoms with E-state index in [1.165, 1.54) is 135 Å². The van der Waals surface area contributed by atoms with Gasteiger partial charge in [0.25, 0.3) is 0 Å². The van der Waals surface area contributed by atoms with Gasteiger partial charge in [0.1, 0.15) is 0 Å². The van der Waals surface area contributed by atoms with Crippen LogP contribution in [0.25, 0.3) is 0 Å². The normalized spacial score (nSPS) is 20.5. The molecule has 4 aliphatic heterocycles. The second-order valence-corrected chi connectivity index (χ2v) is 26.4. The molecule has 4 aliphatic rings. The highest BCUT2D eigenvalue weighted by molar-refractivity contribution is 5.28. The topological polar surface area (TPSA) is 13.0 Å². The van der Waals surface area contributed by atoms with Crippen LogP contribution in [0.3, 0.4) is 0 Å². The van der Waals surface area contributed by atoms with Gasteiger partial charge in [0.05, 0.1) is 0 Å². The van der Waals surface area contributed by atoms with Crippen molar-refractivity contribution in [3.63, 3.8) is 0 Å². The van der Waals surface area contributed by atoms with E-state index >= 15 is 0 Å². The predicted molar refractivity (Wildman–Crippen MR) is 324 cm³/mol. The highest BCUT2D eigenvalue weighted by Crippen LogP contribution is 2.29. The van der Waals surface area contributed by atoms with E-state index in [1.54, 1.807) is 0 Å². The van der Waals surface area contributed by atoms with E-state index < -0.39 is 0 Å². The third kappa shape index (κ3) is 20.9. The molecule has 4 nitrogen and oxygen atoms in total. The summed E-state index contributed by atoms with van der Waals surface area (Å²) in [7, 11) is 0. The molecule has 0 spiro atoms. The average molecular weight is 1010 g/mol. The number of rotatable bonds is 16. The van der Waals surface area contributed by atoms with Crippen LogP contribution in [0.4, 0.5) is 0 Å². The van der Waals surface area contributed by atoms with Crippen molar-refractivity contribution in [2.45, 2.75) is 199 Å². The summed E-state index contributed by atoms with van der Waals surface area (Å²) in [6.07, 6.45) is 8.29. The number of piperidine rings is 2. The quantitative estimate of drug-likeness (QED) is 0.111. The SMILES string of the molecule is CC(C)c1ccc(CN2CCC(C(C)C)C2)cc1.CC(C)c1ccc(CN2CCC(C(C)C)CC2)cc1.CC(C)c1ccc(CN2CCCC(C(C)C)C2)cc1.CC(C)c1cccc(CN2CCC(C(C)C)C2)c1. The van der Waals surface area contributed by atoms with Crippen LogP contribution in [0.1, 0.15) is 217 Å². The largest absolute Gasteiger partial charge is 0.299 e. The van der Waals surface area contributed by atoms with Crippen molar-refractivity contribution in [2.24, 2.45) is 47.3 Å². The van der Waals surface area contributed by atoms with Crippen molar-refractivity contribution in [1.82, 2.24) is 19.6 Å². The van der Waals surface area contributed by atoms with Crippen LogP contribution in [-0.2, 0) is 26.2 Å². The molecule has 0 saturated carbocycles. The van der Waals surface area contributed by atoms with Crippen molar-refractivity contribution in [1.29, 1.82) is 0 Å². The molecule has 4 heteroatoms. The van der Waals surface area contributed by atoms with Crippen LogP contribution in [0, 0.1) is 47.3 Å². The lowest BCUT2D eigenvalue weighted by molar-refractivity contribution is 0.139. The average Bonchev–Trinajstić information content (AvgIpc) is 4.06. The van der Waals surface area contributed by atoms with Crippen molar-refractivity contribution >= 4 is 0 Å². The van der Waals surface area contributed by atoms with Crippen molar-refractivity contribution in [3.05, 3.63) is 142 Å². The third-order valence-corrected chi connectivity index (χ3v) is 17.7. The van der Waals surface area contributed by atoms with Gasteiger partial charge in [-0.2, -0.15) is 0 Å². The fraction of sp³-hybridized carbons (Fsp3) is 0.657. The van der Waals surface area contributed by atoms with Gasteiger partial charge in [-0.25, -0.2) is 0 Å². The Labute approximate surface area is 457 Å². The van der Waals surface area contributed by atoms with E-state index in [4.69, 9.17) is 0 Å². The number of nitrogens with zero attached hydrogens (tertiary/aromatic N) is 4. The molecule has 4 heterocycles. The molecule has 412 valence electrons. The van der Waals surface area contributed by atoms with Gasteiger partial charge in [0, 0.05) is 45.8 Å². The fourth-order valence-electron chi connectivity index (χ4n) is 11.8. The number of likely N-dealkylation sites (tertiary alicyclic amines) is 4. The number of hydrogen-bond acceptors (Lipinski definition) is 4. The highest BCUT2D eigenvalue weighted by atomic mass is 15.2. The smallest absolute Gasteiger partial charge is 0.0233 e. The minimum absolute atomic E-state index is 0.631. The molecule has 0 bridgehead atoms. The number of hydrogen-bond donors (Lipinski definition) is 0. The maximum absolute atomic E-state index is 2.64. The van der Waals surface area contributed by atoms with Crippen LogP contribution in [-0.4, -0.2) is 72.0 Å². The van der Waals surface area contributed by atoms with Gasteiger partial charge in [-0.1, -0.05) is 208 Å². The van der Waals surface area contributed by atoms with Crippen molar-refractivity contribution in [2.75, 3.05) is 52.4 Å². The van der Waals surface area contributed by atoms with Crippen LogP contribution in [0.15, 0.2) is 97.1 Å². The van der Waals surface area contributed by atoms with E-state index in [0.717, 1.165) is 73.5 Å². The first-order valence-electron chi connectivity index (χ1n) is 30.5. The Kier molecular flexibility index (Phi) is 26.0. The van der Waals surface area contributed by atoms with E-state index in [1.807, 2.05) is 0 Å². The molecular formula is C70H112N4. The standard InChI is InChI=1S/2C18H29N.2C17H27N/c1-14(2)17-7-5-16(6-8-17)13-19-11-9-18(10-12-19)15(3)4;1-14(2)17-9-7-16(8-10-17)12-19-11-5-6-18(13-19)15(3)4;1-13(2)16-7-5-15(6-8-16)11-18-10-9-17(12-18)14(3)4;1-13(2)16-7-5-6-15(10-16)11-18-9-8-17(12-18)14(3)4/h5-8,14-15,18H,9-13H2,1-4H3;7-10,14-15,18H,5-6,11-13H2,1-4H3;5-8,13-14,17H,9-12H2,1-4H3;5-7,10,13-14,17H,8-9,11-12H2,1-4H3. The summed E-state index contributed by atoms with van der Waals surface area (Å²) in [5, 5.41) is 0. The van der Waals surface area contributed by atoms with Crippen LogP contribution < -0.4 is 0 Å². The van der Waals surface area contributed by atoms with Gasteiger partial charge in [-0.3, -0.25) is 19.6 Å². The second kappa shape index (κ2) is 31.2. The minimum atomic E-state index is 0.631.